The molecule has 2 aromatic carbocycles. The number of benzene rings is 2. The summed E-state index contributed by atoms with van der Waals surface area (Å²) in [6, 6.07) is 17.9. The fourth-order valence-electron chi connectivity index (χ4n) is 2.85. The maximum absolute atomic E-state index is 6.60. The van der Waals surface area contributed by atoms with E-state index >= 15 is 0 Å². The SMILES string of the molecule is Cc1ccc(-c2nnc(SCc3c(C)nn(-c4ccccc4)c3Cl)n2N)cc1. The quantitative estimate of drug-likeness (QED) is 0.389. The third-order valence-electron chi connectivity index (χ3n) is 4.44. The molecule has 8 heteroatoms. The van der Waals surface area contributed by atoms with Gasteiger partial charge in [0.1, 0.15) is 5.15 Å². The van der Waals surface area contributed by atoms with E-state index < -0.39 is 0 Å². The lowest BCUT2D eigenvalue weighted by molar-refractivity contribution is 0.849. The fourth-order valence-corrected chi connectivity index (χ4v) is 4.21. The highest BCUT2D eigenvalue weighted by Crippen LogP contribution is 2.30. The molecule has 0 fully saturated rings. The number of hydrogen-bond donors (Lipinski definition) is 1. The van der Waals surface area contributed by atoms with Gasteiger partial charge in [0, 0.05) is 16.9 Å². The van der Waals surface area contributed by atoms with Crippen molar-refractivity contribution in [1.29, 1.82) is 0 Å². The molecule has 0 amide bonds. The van der Waals surface area contributed by atoms with Crippen LogP contribution in [0.3, 0.4) is 0 Å². The third kappa shape index (κ3) is 3.50. The van der Waals surface area contributed by atoms with E-state index in [4.69, 9.17) is 17.4 Å². The van der Waals surface area contributed by atoms with Crippen LogP contribution < -0.4 is 5.84 Å². The number of halogens is 1. The van der Waals surface area contributed by atoms with Crippen LogP contribution in [0.1, 0.15) is 16.8 Å². The maximum atomic E-state index is 6.60. The van der Waals surface area contributed by atoms with Gasteiger partial charge in [-0.15, -0.1) is 10.2 Å². The molecule has 0 unspecified atom stereocenters. The summed E-state index contributed by atoms with van der Waals surface area (Å²) in [5.41, 5.74) is 4.87. The Bertz CT molecular complexity index is 1100. The van der Waals surface area contributed by atoms with Crippen LogP contribution in [0.4, 0.5) is 0 Å². The van der Waals surface area contributed by atoms with Crippen LogP contribution in [0, 0.1) is 13.8 Å². The average Bonchev–Trinajstić information content (AvgIpc) is 3.21. The smallest absolute Gasteiger partial charge is 0.210 e. The lowest BCUT2D eigenvalue weighted by Gasteiger charge is -2.05. The van der Waals surface area contributed by atoms with E-state index in [0.717, 1.165) is 22.5 Å². The Morgan fingerprint density at radius 2 is 1.71 bits per heavy atom. The van der Waals surface area contributed by atoms with Crippen molar-refractivity contribution < 1.29 is 0 Å². The molecule has 2 N–H and O–H groups in total. The number of nitrogen functional groups attached to an aromatic ring is 1. The molecule has 0 aliphatic carbocycles. The molecule has 2 aromatic heterocycles. The number of thioether (sulfide) groups is 1. The molecule has 0 atom stereocenters. The highest BCUT2D eigenvalue weighted by molar-refractivity contribution is 7.98. The predicted molar refractivity (Wildman–Crippen MR) is 113 cm³/mol. The van der Waals surface area contributed by atoms with E-state index in [1.165, 1.54) is 22.0 Å². The largest absolute Gasteiger partial charge is 0.335 e. The standard InChI is InChI=1S/C20H19ClN6S/c1-13-8-10-15(11-9-13)19-23-24-20(26(19)22)28-12-17-14(2)25-27(18(17)21)16-6-4-3-5-7-16/h3-11H,12,22H2,1-2H3. The normalized spacial score (nSPS) is 11.1. The number of rotatable bonds is 5. The summed E-state index contributed by atoms with van der Waals surface area (Å²) in [5.74, 6) is 7.45. The molecular weight excluding hydrogens is 392 g/mol. The van der Waals surface area contributed by atoms with Crippen molar-refractivity contribution in [2.24, 2.45) is 0 Å². The predicted octanol–water partition coefficient (Wildman–Crippen LogP) is 4.41. The second kappa shape index (κ2) is 7.69. The van der Waals surface area contributed by atoms with Crippen molar-refractivity contribution in [3.8, 4) is 17.1 Å². The summed E-state index contributed by atoms with van der Waals surface area (Å²) < 4.78 is 3.26. The van der Waals surface area contributed by atoms with Crippen LogP contribution in [0.15, 0.2) is 59.8 Å². The fraction of sp³-hybridized carbons (Fsp3) is 0.150. The molecule has 0 aliphatic rings. The second-order valence-corrected chi connectivity index (χ2v) is 7.73. The first-order valence-electron chi connectivity index (χ1n) is 8.74. The molecule has 0 saturated carbocycles. The minimum Gasteiger partial charge on any atom is -0.335 e. The van der Waals surface area contributed by atoms with Gasteiger partial charge < -0.3 is 5.84 Å². The zero-order valence-electron chi connectivity index (χ0n) is 15.5. The maximum Gasteiger partial charge on any atom is 0.210 e. The van der Waals surface area contributed by atoms with E-state index in [-0.39, 0.29) is 0 Å². The first kappa shape index (κ1) is 18.6. The van der Waals surface area contributed by atoms with Gasteiger partial charge >= 0.3 is 0 Å². The van der Waals surface area contributed by atoms with Gasteiger partial charge in [0.15, 0.2) is 5.82 Å². The minimum atomic E-state index is 0.595. The molecule has 0 spiro atoms. The van der Waals surface area contributed by atoms with Crippen molar-refractivity contribution in [3.63, 3.8) is 0 Å². The van der Waals surface area contributed by atoms with Crippen LogP contribution in [-0.2, 0) is 5.75 Å². The molecule has 142 valence electrons. The summed E-state index contributed by atoms with van der Waals surface area (Å²) in [4.78, 5) is 0. The number of para-hydroxylation sites is 1. The summed E-state index contributed by atoms with van der Waals surface area (Å²) in [7, 11) is 0. The molecular formula is C20H19ClN6S. The molecule has 28 heavy (non-hydrogen) atoms. The molecule has 2 heterocycles. The Hall–Kier alpha value is -2.77. The van der Waals surface area contributed by atoms with Crippen LogP contribution >= 0.6 is 23.4 Å². The molecule has 4 aromatic rings. The van der Waals surface area contributed by atoms with Crippen molar-refractivity contribution >= 4 is 23.4 Å². The van der Waals surface area contributed by atoms with Gasteiger partial charge in [-0.2, -0.15) is 5.10 Å². The van der Waals surface area contributed by atoms with Crippen LogP contribution in [0.25, 0.3) is 17.1 Å². The average molecular weight is 411 g/mol. The van der Waals surface area contributed by atoms with Crippen molar-refractivity contribution in [3.05, 3.63) is 76.6 Å². The van der Waals surface area contributed by atoms with Gasteiger partial charge in [0.05, 0.1) is 11.4 Å². The van der Waals surface area contributed by atoms with Crippen molar-refractivity contribution in [2.75, 3.05) is 5.84 Å². The first-order valence-corrected chi connectivity index (χ1v) is 10.1. The molecule has 0 radical (unpaired) electrons. The number of nitrogens with zero attached hydrogens (tertiary/aromatic N) is 5. The Kier molecular flexibility index (Phi) is 5.11. The number of nitrogens with two attached hydrogens (primary N) is 1. The Labute approximate surface area is 172 Å². The number of aryl methyl sites for hydroxylation is 2. The van der Waals surface area contributed by atoms with Crippen LogP contribution in [0.2, 0.25) is 5.15 Å². The third-order valence-corrected chi connectivity index (χ3v) is 5.80. The van der Waals surface area contributed by atoms with Crippen molar-refractivity contribution in [1.82, 2.24) is 24.7 Å². The summed E-state index contributed by atoms with van der Waals surface area (Å²) in [5, 5.41) is 14.3. The van der Waals surface area contributed by atoms with Gasteiger partial charge in [0.2, 0.25) is 5.16 Å². The van der Waals surface area contributed by atoms with Gasteiger partial charge in [-0.25, -0.2) is 9.36 Å². The highest BCUT2D eigenvalue weighted by Gasteiger charge is 2.17. The van der Waals surface area contributed by atoms with E-state index in [2.05, 4.69) is 15.3 Å². The van der Waals surface area contributed by atoms with E-state index in [1.54, 1.807) is 4.68 Å². The molecule has 0 aliphatic heterocycles. The Morgan fingerprint density at radius 1 is 1.00 bits per heavy atom. The monoisotopic (exact) mass is 410 g/mol. The Morgan fingerprint density at radius 3 is 2.43 bits per heavy atom. The van der Waals surface area contributed by atoms with Crippen LogP contribution in [-0.4, -0.2) is 24.7 Å². The molecule has 0 bridgehead atoms. The van der Waals surface area contributed by atoms with Gasteiger partial charge in [-0.1, -0.05) is 71.4 Å². The lowest BCUT2D eigenvalue weighted by atomic mass is 10.1. The van der Waals surface area contributed by atoms with Gasteiger partial charge in [0.25, 0.3) is 0 Å². The number of aromatic nitrogens is 5. The van der Waals surface area contributed by atoms with Crippen LogP contribution in [0.5, 0.6) is 0 Å². The first-order chi connectivity index (χ1) is 13.5. The summed E-state index contributed by atoms with van der Waals surface area (Å²) >= 11 is 8.08. The zero-order chi connectivity index (χ0) is 19.7. The lowest BCUT2D eigenvalue weighted by Crippen LogP contribution is -2.11. The summed E-state index contributed by atoms with van der Waals surface area (Å²) in [6.45, 7) is 3.99. The summed E-state index contributed by atoms with van der Waals surface area (Å²) in [6.07, 6.45) is 0. The van der Waals surface area contributed by atoms with Gasteiger partial charge in [-0.05, 0) is 26.0 Å². The van der Waals surface area contributed by atoms with Gasteiger partial charge in [-0.3, -0.25) is 0 Å². The van der Waals surface area contributed by atoms with Crippen molar-refractivity contribution in [2.45, 2.75) is 24.8 Å². The number of hydrogen-bond acceptors (Lipinski definition) is 5. The molecule has 6 nitrogen and oxygen atoms in total. The van der Waals surface area contributed by atoms with E-state index in [9.17, 15) is 0 Å². The highest BCUT2D eigenvalue weighted by atomic mass is 35.5. The second-order valence-electron chi connectivity index (χ2n) is 6.43. The van der Waals surface area contributed by atoms with E-state index in [1.807, 2.05) is 68.4 Å². The molecule has 4 rings (SSSR count). The zero-order valence-corrected chi connectivity index (χ0v) is 17.1. The Balaban J connectivity index is 1.56. The topological polar surface area (TPSA) is 74.5 Å². The molecule has 0 saturated heterocycles. The minimum absolute atomic E-state index is 0.595. The van der Waals surface area contributed by atoms with E-state index in [0.29, 0.717) is 21.9 Å².